The maximum atomic E-state index is 13.5. The number of methoxy groups -OCH3 is 2. The number of fused-ring (bicyclic) bond motifs is 1. The number of pyridine rings is 1. The molecule has 0 spiro atoms. The van der Waals surface area contributed by atoms with Crippen molar-refractivity contribution in [1.29, 1.82) is 0 Å². The van der Waals surface area contributed by atoms with E-state index in [-0.39, 0.29) is 5.43 Å². The van der Waals surface area contributed by atoms with Gasteiger partial charge in [0, 0.05) is 35.3 Å². The van der Waals surface area contributed by atoms with Crippen molar-refractivity contribution < 1.29 is 9.47 Å². The molecule has 27 heavy (non-hydrogen) atoms. The molecule has 136 valence electrons. The SMILES string of the molecule is COc1ccc(-c2cn(C)c3cc(OC)cc(-c4cccs4)c3c2=O)cc1. The van der Waals surface area contributed by atoms with E-state index in [1.165, 1.54) is 0 Å². The normalized spacial score (nSPS) is 10.9. The molecule has 0 aliphatic rings. The molecule has 0 atom stereocenters. The van der Waals surface area contributed by atoms with Gasteiger partial charge in [0.2, 0.25) is 0 Å². The number of hydrogen-bond acceptors (Lipinski definition) is 4. The number of aromatic nitrogens is 1. The van der Waals surface area contributed by atoms with Crippen LogP contribution in [0, 0.1) is 0 Å². The molecule has 0 saturated heterocycles. The summed E-state index contributed by atoms with van der Waals surface area (Å²) >= 11 is 1.61. The zero-order valence-corrected chi connectivity index (χ0v) is 16.2. The largest absolute Gasteiger partial charge is 0.497 e. The third-order valence-corrected chi connectivity index (χ3v) is 5.59. The van der Waals surface area contributed by atoms with E-state index in [9.17, 15) is 4.79 Å². The predicted octanol–water partition coefficient (Wildman–Crippen LogP) is 4.95. The fourth-order valence-electron chi connectivity index (χ4n) is 3.29. The van der Waals surface area contributed by atoms with Crippen LogP contribution in [0.25, 0.3) is 32.5 Å². The van der Waals surface area contributed by atoms with Gasteiger partial charge in [0.15, 0.2) is 5.43 Å². The van der Waals surface area contributed by atoms with Gasteiger partial charge >= 0.3 is 0 Å². The van der Waals surface area contributed by atoms with E-state index in [1.54, 1.807) is 25.6 Å². The lowest BCUT2D eigenvalue weighted by molar-refractivity contribution is 0.415. The van der Waals surface area contributed by atoms with E-state index in [0.717, 1.165) is 33.0 Å². The van der Waals surface area contributed by atoms with Gasteiger partial charge in [0.25, 0.3) is 0 Å². The van der Waals surface area contributed by atoms with Crippen LogP contribution in [0.2, 0.25) is 0 Å². The molecule has 0 saturated carbocycles. The van der Waals surface area contributed by atoms with Gasteiger partial charge in [-0.3, -0.25) is 4.79 Å². The second-order valence-corrected chi connectivity index (χ2v) is 7.21. The molecule has 0 radical (unpaired) electrons. The fraction of sp³-hybridized carbons (Fsp3) is 0.136. The minimum absolute atomic E-state index is 0.0133. The molecule has 0 aliphatic carbocycles. The van der Waals surface area contributed by atoms with E-state index in [1.807, 2.05) is 71.7 Å². The van der Waals surface area contributed by atoms with E-state index >= 15 is 0 Å². The number of aryl methyl sites for hydroxylation is 1. The molecular weight excluding hydrogens is 358 g/mol. The molecule has 2 heterocycles. The number of nitrogens with zero attached hydrogens (tertiary/aromatic N) is 1. The highest BCUT2D eigenvalue weighted by molar-refractivity contribution is 7.13. The summed E-state index contributed by atoms with van der Waals surface area (Å²) in [5.41, 5.74) is 3.29. The highest BCUT2D eigenvalue weighted by Gasteiger charge is 2.16. The highest BCUT2D eigenvalue weighted by Crippen LogP contribution is 2.35. The van der Waals surface area contributed by atoms with Crippen LogP contribution in [0.4, 0.5) is 0 Å². The summed E-state index contributed by atoms with van der Waals surface area (Å²) in [7, 11) is 5.22. The molecule has 2 aromatic heterocycles. The second-order valence-electron chi connectivity index (χ2n) is 6.26. The standard InChI is InChI=1S/C22H19NO3S/c1-23-13-18(14-6-8-15(25-2)9-7-14)22(24)21-17(20-5-4-10-27-20)11-16(26-3)12-19(21)23/h4-13H,1-3H3. The van der Waals surface area contributed by atoms with Gasteiger partial charge in [-0.25, -0.2) is 0 Å². The highest BCUT2D eigenvalue weighted by atomic mass is 32.1. The minimum atomic E-state index is 0.0133. The summed E-state index contributed by atoms with van der Waals surface area (Å²) in [5.74, 6) is 1.50. The van der Waals surface area contributed by atoms with Crippen molar-refractivity contribution >= 4 is 22.2 Å². The number of benzene rings is 2. The molecular formula is C22H19NO3S. The molecule has 0 amide bonds. The molecule has 0 aliphatic heterocycles. The maximum Gasteiger partial charge on any atom is 0.197 e. The van der Waals surface area contributed by atoms with Gasteiger partial charge in [0.1, 0.15) is 11.5 Å². The molecule has 4 aromatic rings. The summed E-state index contributed by atoms with van der Waals surface area (Å²) < 4.78 is 12.7. The van der Waals surface area contributed by atoms with E-state index in [4.69, 9.17) is 9.47 Å². The molecule has 4 rings (SSSR count). The third kappa shape index (κ3) is 3.00. The van der Waals surface area contributed by atoms with Crippen molar-refractivity contribution in [3.05, 3.63) is 70.3 Å². The Morgan fingerprint density at radius 1 is 0.926 bits per heavy atom. The summed E-state index contributed by atoms with van der Waals surface area (Å²) in [6, 6.07) is 15.4. The third-order valence-electron chi connectivity index (χ3n) is 4.69. The Kier molecular flexibility index (Phi) is 4.46. The lowest BCUT2D eigenvalue weighted by Gasteiger charge is -2.14. The lowest BCUT2D eigenvalue weighted by atomic mass is 10.00. The first-order valence-electron chi connectivity index (χ1n) is 8.52. The first kappa shape index (κ1) is 17.4. The second kappa shape index (κ2) is 6.93. The molecule has 5 heteroatoms. The Morgan fingerprint density at radius 2 is 1.67 bits per heavy atom. The summed E-state index contributed by atoms with van der Waals surface area (Å²) in [5, 5.41) is 2.72. The van der Waals surface area contributed by atoms with Crippen LogP contribution in [-0.2, 0) is 7.05 Å². The molecule has 0 unspecified atom stereocenters. The van der Waals surface area contributed by atoms with Gasteiger partial charge < -0.3 is 14.0 Å². The summed E-state index contributed by atoms with van der Waals surface area (Å²) in [6.45, 7) is 0. The fourth-order valence-corrected chi connectivity index (χ4v) is 4.04. The van der Waals surface area contributed by atoms with E-state index in [2.05, 4.69) is 0 Å². The summed E-state index contributed by atoms with van der Waals surface area (Å²) in [6.07, 6.45) is 1.88. The quantitative estimate of drug-likeness (QED) is 0.505. The van der Waals surface area contributed by atoms with Crippen molar-refractivity contribution in [2.24, 2.45) is 7.05 Å². The van der Waals surface area contributed by atoms with Gasteiger partial charge in [0.05, 0.1) is 25.1 Å². The Hall–Kier alpha value is -3.05. The summed E-state index contributed by atoms with van der Waals surface area (Å²) in [4.78, 5) is 14.5. The molecule has 2 aromatic carbocycles. The monoisotopic (exact) mass is 377 g/mol. The van der Waals surface area contributed by atoms with Crippen molar-refractivity contribution in [2.45, 2.75) is 0 Å². The number of rotatable bonds is 4. The van der Waals surface area contributed by atoms with Gasteiger partial charge in [-0.15, -0.1) is 11.3 Å². The van der Waals surface area contributed by atoms with Gasteiger partial charge in [-0.1, -0.05) is 18.2 Å². The number of ether oxygens (including phenoxy) is 2. The van der Waals surface area contributed by atoms with Crippen molar-refractivity contribution in [3.8, 4) is 33.1 Å². The van der Waals surface area contributed by atoms with Crippen molar-refractivity contribution in [2.75, 3.05) is 14.2 Å². The molecule has 0 N–H and O–H groups in total. The Balaban J connectivity index is 2.05. The first-order chi connectivity index (χ1) is 13.1. The average molecular weight is 377 g/mol. The van der Waals surface area contributed by atoms with Crippen LogP contribution < -0.4 is 14.9 Å². The van der Waals surface area contributed by atoms with Crippen LogP contribution in [0.1, 0.15) is 0 Å². The lowest BCUT2D eigenvalue weighted by Crippen LogP contribution is -2.11. The van der Waals surface area contributed by atoms with Crippen molar-refractivity contribution in [1.82, 2.24) is 4.57 Å². The minimum Gasteiger partial charge on any atom is -0.497 e. The van der Waals surface area contributed by atoms with Crippen LogP contribution >= 0.6 is 11.3 Å². The molecule has 4 nitrogen and oxygen atoms in total. The van der Waals surface area contributed by atoms with Crippen LogP contribution in [0.15, 0.2) is 64.9 Å². The molecule has 0 bridgehead atoms. The van der Waals surface area contributed by atoms with Gasteiger partial charge in [-0.05, 0) is 35.2 Å². The van der Waals surface area contributed by atoms with Crippen LogP contribution in [-0.4, -0.2) is 18.8 Å². The predicted molar refractivity (Wildman–Crippen MR) is 111 cm³/mol. The van der Waals surface area contributed by atoms with E-state index < -0.39 is 0 Å². The smallest absolute Gasteiger partial charge is 0.197 e. The van der Waals surface area contributed by atoms with E-state index in [0.29, 0.717) is 10.9 Å². The van der Waals surface area contributed by atoms with Crippen molar-refractivity contribution in [3.63, 3.8) is 0 Å². The van der Waals surface area contributed by atoms with Crippen LogP contribution in [0.5, 0.6) is 11.5 Å². The Bertz CT molecular complexity index is 1160. The number of hydrogen-bond donors (Lipinski definition) is 0. The van der Waals surface area contributed by atoms with Crippen LogP contribution in [0.3, 0.4) is 0 Å². The maximum absolute atomic E-state index is 13.5. The topological polar surface area (TPSA) is 40.5 Å². The Labute approximate surface area is 161 Å². The zero-order valence-electron chi connectivity index (χ0n) is 15.4. The first-order valence-corrected chi connectivity index (χ1v) is 9.40. The van der Waals surface area contributed by atoms with Gasteiger partial charge in [-0.2, -0.15) is 0 Å². The zero-order chi connectivity index (χ0) is 19.0. The molecule has 0 fully saturated rings. The number of thiophene rings is 1. The average Bonchev–Trinajstić information content (AvgIpc) is 3.24. The Morgan fingerprint density at radius 3 is 2.30 bits per heavy atom.